The van der Waals surface area contributed by atoms with Crippen molar-refractivity contribution in [2.45, 2.75) is 79.1 Å². The van der Waals surface area contributed by atoms with E-state index in [-0.39, 0.29) is 0 Å². The molecule has 0 aromatic rings. The van der Waals surface area contributed by atoms with Crippen molar-refractivity contribution in [1.29, 1.82) is 0 Å². The second kappa shape index (κ2) is 15.1. The molecule has 6 heteroatoms. The maximum absolute atomic E-state index is 6.12. The molecular formula is C16H34BiO2PS2. The van der Waals surface area contributed by atoms with Gasteiger partial charge in [0.1, 0.15) is 0 Å². The predicted octanol–water partition coefficient (Wildman–Crippen LogP) is 6.49. The van der Waals surface area contributed by atoms with Crippen LogP contribution in [0.4, 0.5) is 0 Å². The second-order valence-electron chi connectivity index (χ2n) is 5.95. The van der Waals surface area contributed by atoms with Crippen LogP contribution >= 0.6 is 13.8 Å². The van der Waals surface area contributed by atoms with Gasteiger partial charge in [-0.25, -0.2) is 0 Å². The summed E-state index contributed by atoms with van der Waals surface area (Å²) in [7, 11) is 1.72. The molecule has 132 valence electrons. The molecule has 0 fully saturated rings. The number of rotatable bonds is 15. The molecule has 0 aliphatic rings. The van der Waals surface area contributed by atoms with E-state index < -0.39 is 5.69 Å². The molecule has 2 nitrogen and oxygen atoms in total. The number of unbranched alkanes of at least 4 members (excludes halogenated alkanes) is 2. The van der Waals surface area contributed by atoms with Gasteiger partial charge >= 0.3 is 162 Å². The first kappa shape index (κ1) is 23.8. The average Bonchev–Trinajstić information content (AvgIpc) is 2.55. The van der Waals surface area contributed by atoms with Crippen LogP contribution in [0.5, 0.6) is 0 Å². The Morgan fingerprint density at radius 3 is 1.59 bits per heavy atom. The van der Waals surface area contributed by atoms with Crippen molar-refractivity contribution in [3.63, 3.8) is 0 Å². The molecule has 2 unspecified atom stereocenters. The number of hydrogen-bond donors (Lipinski definition) is 0. The second-order valence-corrected chi connectivity index (χ2v) is 17.3. The Hall–Kier alpha value is 1.80. The van der Waals surface area contributed by atoms with Gasteiger partial charge < -0.3 is 0 Å². The van der Waals surface area contributed by atoms with Crippen LogP contribution in [0.1, 0.15) is 79.1 Å². The minimum absolute atomic E-state index is 0.637. The van der Waals surface area contributed by atoms with E-state index in [0.29, 0.717) is 11.8 Å². The summed E-state index contributed by atoms with van der Waals surface area (Å²) in [6, 6.07) is 0. The van der Waals surface area contributed by atoms with E-state index in [1.54, 1.807) is 8.14 Å². The van der Waals surface area contributed by atoms with Gasteiger partial charge in [-0.3, -0.25) is 0 Å². The van der Waals surface area contributed by atoms with Crippen molar-refractivity contribution in [1.82, 2.24) is 0 Å². The van der Waals surface area contributed by atoms with Gasteiger partial charge in [-0.2, -0.15) is 0 Å². The summed E-state index contributed by atoms with van der Waals surface area (Å²) >= 11 is 6.91. The van der Waals surface area contributed by atoms with Gasteiger partial charge in [0.2, 0.25) is 0 Å². The summed E-state index contributed by atoms with van der Waals surface area (Å²) in [6.07, 6.45) is 9.93. The molecule has 0 aromatic carbocycles. The molecule has 2 atom stereocenters. The molecule has 0 saturated heterocycles. The SMILES string of the molecule is CCCCC(CC)COP(=S)(OCC(CC)CCCC)[S][Bi]. The van der Waals surface area contributed by atoms with Gasteiger partial charge in [-0.15, -0.1) is 0 Å². The maximum atomic E-state index is 6.12. The van der Waals surface area contributed by atoms with Gasteiger partial charge in [0.05, 0.1) is 0 Å². The molecule has 0 spiro atoms. The molecule has 0 rings (SSSR count). The van der Waals surface area contributed by atoms with E-state index >= 15 is 0 Å². The van der Waals surface area contributed by atoms with Crippen LogP contribution in [-0.4, -0.2) is 36.5 Å². The van der Waals surface area contributed by atoms with Gasteiger partial charge in [0, 0.05) is 0 Å². The Bertz CT molecular complexity index is 282. The van der Waals surface area contributed by atoms with E-state index in [2.05, 4.69) is 27.7 Å². The molecule has 0 aromatic heterocycles. The van der Waals surface area contributed by atoms with Crippen molar-refractivity contribution in [3.8, 4) is 0 Å². The Morgan fingerprint density at radius 2 is 1.32 bits per heavy atom. The first-order valence-electron chi connectivity index (χ1n) is 8.77. The Labute approximate surface area is 161 Å². The molecule has 0 heterocycles. The molecule has 0 bridgehead atoms. The van der Waals surface area contributed by atoms with Crippen LogP contribution < -0.4 is 0 Å². The first-order chi connectivity index (χ1) is 10.5. The standard InChI is InChI=1S/C16H35O2PS2.Bi/c1-5-9-11-15(7-3)13-17-19(20,21)18-14-16(8-4)12-10-6-2;/h15-16H,5-14H2,1-4H3,(H,20,21);/q;+1/p-1. The number of hydrogen-bond acceptors (Lipinski definition) is 4. The Balaban J connectivity index is 4.29. The molecule has 0 aliphatic heterocycles. The van der Waals surface area contributed by atoms with Crippen LogP contribution in [0.3, 0.4) is 0 Å². The Morgan fingerprint density at radius 1 is 0.909 bits per heavy atom. The van der Waals surface area contributed by atoms with Crippen molar-refractivity contribution >= 4 is 48.9 Å². The van der Waals surface area contributed by atoms with Crippen molar-refractivity contribution in [2.75, 3.05) is 13.2 Å². The molecule has 0 saturated carbocycles. The fourth-order valence-corrected chi connectivity index (χ4v) is 7.54. The zero-order valence-corrected chi connectivity index (χ0v) is 20.8. The quantitative estimate of drug-likeness (QED) is 0.168. The minimum atomic E-state index is -2.10. The molecule has 0 amide bonds. The van der Waals surface area contributed by atoms with Gasteiger partial charge in [-0.05, 0) is 0 Å². The summed E-state index contributed by atoms with van der Waals surface area (Å²) in [6.45, 7) is 10.5. The fourth-order valence-electron chi connectivity index (χ4n) is 2.27. The van der Waals surface area contributed by atoms with Crippen molar-refractivity contribution in [2.24, 2.45) is 11.8 Å². The summed E-state index contributed by atoms with van der Waals surface area (Å²) in [5.41, 5.74) is -2.10. The van der Waals surface area contributed by atoms with Crippen molar-refractivity contribution < 1.29 is 9.05 Å². The van der Waals surface area contributed by atoms with Crippen LogP contribution in [-0.2, 0) is 20.9 Å². The van der Waals surface area contributed by atoms with E-state index in [1.807, 2.05) is 0 Å². The zero-order chi connectivity index (χ0) is 16.8. The van der Waals surface area contributed by atoms with E-state index in [1.165, 1.54) is 74.6 Å². The molecule has 22 heavy (non-hydrogen) atoms. The summed E-state index contributed by atoms with van der Waals surface area (Å²) in [4.78, 5) is 0. The average molecular weight is 563 g/mol. The normalized spacial score (nSPS) is 17.1. The van der Waals surface area contributed by atoms with Crippen LogP contribution in [0, 0.1) is 11.8 Å². The van der Waals surface area contributed by atoms with E-state index in [0.717, 1.165) is 13.2 Å². The Kier molecular flexibility index (Phi) is 16.3. The van der Waals surface area contributed by atoms with Gasteiger partial charge in [0.25, 0.3) is 0 Å². The van der Waals surface area contributed by atoms with E-state index in [9.17, 15) is 0 Å². The molecule has 0 aliphatic carbocycles. The third-order valence-electron chi connectivity index (χ3n) is 4.12. The molecule has 2 radical (unpaired) electrons. The molecule has 0 N–H and O–H groups in total. The summed E-state index contributed by atoms with van der Waals surface area (Å²) in [5, 5.41) is 0. The van der Waals surface area contributed by atoms with Gasteiger partial charge in [0.15, 0.2) is 0 Å². The van der Waals surface area contributed by atoms with Crippen LogP contribution in [0.15, 0.2) is 0 Å². The third-order valence-corrected chi connectivity index (χ3v) is 19.4. The third kappa shape index (κ3) is 11.4. The fraction of sp³-hybridized carbons (Fsp3) is 1.00. The monoisotopic (exact) mass is 562 g/mol. The van der Waals surface area contributed by atoms with Crippen LogP contribution in [0.2, 0.25) is 0 Å². The first-order valence-corrected chi connectivity index (χ1v) is 17.0. The molecular weight excluding hydrogens is 528 g/mol. The predicted molar refractivity (Wildman–Crippen MR) is 106 cm³/mol. The van der Waals surface area contributed by atoms with Crippen molar-refractivity contribution in [3.05, 3.63) is 0 Å². The van der Waals surface area contributed by atoms with Gasteiger partial charge in [-0.1, -0.05) is 0 Å². The van der Waals surface area contributed by atoms with E-state index in [4.69, 9.17) is 20.9 Å². The zero-order valence-electron chi connectivity index (χ0n) is 14.8. The topological polar surface area (TPSA) is 18.5 Å². The summed E-state index contributed by atoms with van der Waals surface area (Å²) < 4.78 is 12.2. The van der Waals surface area contributed by atoms with Crippen LogP contribution in [0.25, 0.3) is 0 Å². The summed E-state index contributed by atoms with van der Waals surface area (Å²) in [5.74, 6) is 1.27.